The maximum atomic E-state index is 9.48. The lowest BCUT2D eigenvalue weighted by Crippen LogP contribution is -1.80. The molecular weight excluding hydrogens is 164 g/mol. The minimum Gasteiger partial charge on any atom is -0.506 e. The molecule has 0 atom stereocenters. The summed E-state index contributed by atoms with van der Waals surface area (Å²) in [6.07, 6.45) is 6.45. The maximum absolute atomic E-state index is 9.48. The van der Waals surface area contributed by atoms with Crippen molar-refractivity contribution in [3.8, 4) is 16.9 Å². The predicted octanol–water partition coefficient (Wildman–Crippen LogP) is 1.85. The second-order valence-electron chi connectivity index (χ2n) is 2.63. The number of nitrogens with zero attached hydrogens (tertiary/aromatic N) is 2. The second kappa shape index (κ2) is 3.23. The topological polar surface area (TPSA) is 46.0 Å². The van der Waals surface area contributed by atoms with Gasteiger partial charge in [0, 0.05) is 24.2 Å². The molecule has 0 saturated carbocycles. The summed E-state index contributed by atoms with van der Waals surface area (Å²) >= 11 is 0. The molecule has 3 nitrogen and oxygen atoms in total. The van der Waals surface area contributed by atoms with E-state index < -0.39 is 0 Å². The number of aromatic hydroxyl groups is 1. The summed E-state index contributed by atoms with van der Waals surface area (Å²) < 4.78 is 0. The van der Waals surface area contributed by atoms with Crippen LogP contribution in [0.25, 0.3) is 11.1 Å². The molecule has 0 amide bonds. The molecule has 2 heterocycles. The molecule has 0 aliphatic carbocycles. The highest BCUT2D eigenvalue weighted by atomic mass is 16.3. The zero-order chi connectivity index (χ0) is 9.10. The first-order valence-corrected chi connectivity index (χ1v) is 3.91. The van der Waals surface area contributed by atoms with Gasteiger partial charge >= 0.3 is 0 Å². The van der Waals surface area contributed by atoms with E-state index in [2.05, 4.69) is 9.97 Å². The molecule has 64 valence electrons. The van der Waals surface area contributed by atoms with Crippen molar-refractivity contribution in [1.29, 1.82) is 0 Å². The monoisotopic (exact) mass is 172 g/mol. The van der Waals surface area contributed by atoms with Crippen LogP contribution in [0.2, 0.25) is 0 Å². The molecule has 3 heteroatoms. The molecule has 0 aliphatic heterocycles. The van der Waals surface area contributed by atoms with Crippen molar-refractivity contribution in [2.24, 2.45) is 0 Å². The molecular formula is C10H8N2O. The van der Waals surface area contributed by atoms with Gasteiger partial charge in [0.25, 0.3) is 0 Å². The van der Waals surface area contributed by atoms with Crippen molar-refractivity contribution in [3.05, 3.63) is 43.0 Å². The van der Waals surface area contributed by atoms with Crippen LogP contribution in [0.1, 0.15) is 0 Å². The van der Waals surface area contributed by atoms with E-state index in [0.29, 0.717) is 0 Å². The zero-order valence-electron chi connectivity index (χ0n) is 6.88. The summed E-state index contributed by atoms with van der Waals surface area (Å²) in [7, 11) is 0. The van der Waals surface area contributed by atoms with Crippen molar-refractivity contribution < 1.29 is 5.11 Å². The highest BCUT2D eigenvalue weighted by Gasteiger charge is 2.01. The molecule has 0 unspecified atom stereocenters. The van der Waals surface area contributed by atoms with Crippen LogP contribution in [0.3, 0.4) is 0 Å². The molecule has 0 radical (unpaired) electrons. The fraction of sp³-hybridized carbons (Fsp3) is 0. The smallest absolute Gasteiger partial charge is 0.141 e. The Bertz CT molecular complexity index is 401. The van der Waals surface area contributed by atoms with Crippen molar-refractivity contribution in [2.45, 2.75) is 0 Å². The normalized spacial score (nSPS) is 9.85. The quantitative estimate of drug-likeness (QED) is 0.714. The number of hydrogen-bond donors (Lipinski definition) is 1. The zero-order valence-corrected chi connectivity index (χ0v) is 6.88. The first-order valence-electron chi connectivity index (χ1n) is 3.91. The Labute approximate surface area is 75.7 Å². The van der Waals surface area contributed by atoms with Crippen molar-refractivity contribution in [2.75, 3.05) is 0 Å². The summed E-state index contributed by atoms with van der Waals surface area (Å²) in [6.45, 7) is 0. The summed E-state index contributed by atoms with van der Waals surface area (Å²) in [5, 5.41) is 9.48. The fourth-order valence-electron chi connectivity index (χ4n) is 1.16. The third-order valence-electron chi connectivity index (χ3n) is 1.79. The second-order valence-corrected chi connectivity index (χ2v) is 2.63. The van der Waals surface area contributed by atoms with E-state index in [4.69, 9.17) is 0 Å². The molecule has 2 aromatic heterocycles. The average molecular weight is 172 g/mol. The van der Waals surface area contributed by atoms with Crippen LogP contribution in [-0.4, -0.2) is 15.1 Å². The Balaban J connectivity index is 2.54. The van der Waals surface area contributed by atoms with E-state index in [-0.39, 0.29) is 5.75 Å². The Hall–Kier alpha value is -1.90. The number of rotatable bonds is 1. The Kier molecular flexibility index (Phi) is 1.92. The number of aromatic nitrogens is 2. The van der Waals surface area contributed by atoms with Crippen molar-refractivity contribution >= 4 is 0 Å². The van der Waals surface area contributed by atoms with Crippen LogP contribution in [0, 0.1) is 0 Å². The lowest BCUT2D eigenvalue weighted by molar-refractivity contribution is 0.474. The summed E-state index contributed by atoms with van der Waals surface area (Å²) in [4.78, 5) is 7.71. The maximum Gasteiger partial charge on any atom is 0.141 e. The van der Waals surface area contributed by atoms with Gasteiger partial charge in [0.05, 0.1) is 6.20 Å². The van der Waals surface area contributed by atoms with Crippen LogP contribution >= 0.6 is 0 Å². The van der Waals surface area contributed by atoms with Gasteiger partial charge in [-0.25, -0.2) is 0 Å². The van der Waals surface area contributed by atoms with Gasteiger partial charge in [-0.2, -0.15) is 0 Å². The van der Waals surface area contributed by atoms with Crippen LogP contribution in [0.15, 0.2) is 43.0 Å². The molecule has 0 fully saturated rings. The van der Waals surface area contributed by atoms with Gasteiger partial charge in [-0.05, 0) is 23.8 Å². The SMILES string of the molecule is Oc1cnccc1-c1ccncc1. The van der Waals surface area contributed by atoms with Crippen molar-refractivity contribution in [1.82, 2.24) is 9.97 Å². The molecule has 0 spiro atoms. The third kappa shape index (κ3) is 1.49. The molecule has 0 saturated heterocycles. The standard InChI is InChI=1S/C10H8N2O/c13-10-7-12-6-3-9(10)8-1-4-11-5-2-8/h1-7,13H. The fourth-order valence-corrected chi connectivity index (χ4v) is 1.16. The molecule has 0 aromatic carbocycles. The van der Waals surface area contributed by atoms with Gasteiger partial charge in [0.1, 0.15) is 5.75 Å². The Morgan fingerprint density at radius 3 is 2.31 bits per heavy atom. The van der Waals surface area contributed by atoms with Gasteiger partial charge in [0.2, 0.25) is 0 Å². The highest BCUT2D eigenvalue weighted by Crippen LogP contribution is 2.26. The Morgan fingerprint density at radius 2 is 1.62 bits per heavy atom. The van der Waals surface area contributed by atoms with E-state index >= 15 is 0 Å². The summed E-state index contributed by atoms with van der Waals surface area (Å²) in [5.74, 6) is 0.189. The first kappa shape index (κ1) is 7.73. The minimum absolute atomic E-state index is 0.189. The number of pyridine rings is 2. The van der Waals surface area contributed by atoms with Crippen LogP contribution < -0.4 is 0 Å². The van der Waals surface area contributed by atoms with Crippen LogP contribution in [0.5, 0.6) is 5.75 Å². The minimum atomic E-state index is 0.189. The summed E-state index contributed by atoms with van der Waals surface area (Å²) in [6, 6.07) is 5.45. The van der Waals surface area contributed by atoms with Crippen LogP contribution in [0.4, 0.5) is 0 Å². The third-order valence-corrected chi connectivity index (χ3v) is 1.79. The van der Waals surface area contributed by atoms with E-state index in [1.165, 1.54) is 6.20 Å². The van der Waals surface area contributed by atoms with E-state index in [0.717, 1.165) is 11.1 Å². The molecule has 2 rings (SSSR count). The van der Waals surface area contributed by atoms with Gasteiger partial charge in [0.15, 0.2) is 0 Å². The van der Waals surface area contributed by atoms with Gasteiger partial charge in [-0.1, -0.05) is 0 Å². The molecule has 13 heavy (non-hydrogen) atoms. The van der Waals surface area contributed by atoms with E-state index in [1.54, 1.807) is 24.7 Å². The van der Waals surface area contributed by atoms with Gasteiger partial charge in [-0.3, -0.25) is 9.97 Å². The number of hydrogen-bond acceptors (Lipinski definition) is 3. The highest BCUT2D eigenvalue weighted by molar-refractivity contribution is 5.68. The van der Waals surface area contributed by atoms with E-state index in [9.17, 15) is 5.11 Å². The molecule has 0 aliphatic rings. The lowest BCUT2D eigenvalue weighted by Gasteiger charge is -2.01. The molecule has 2 aromatic rings. The first-order chi connectivity index (χ1) is 6.38. The van der Waals surface area contributed by atoms with Gasteiger partial charge < -0.3 is 5.11 Å². The Morgan fingerprint density at radius 1 is 0.923 bits per heavy atom. The van der Waals surface area contributed by atoms with E-state index in [1.807, 2.05) is 12.1 Å². The lowest BCUT2D eigenvalue weighted by atomic mass is 10.1. The molecule has 0 bridgehead atoms. The van der Waals surface area contributed by atoms with Crippen LogP contribution in [-0.2, 0) is 0 Å². The van der Waals surface area contributed by atoms with Gasteiger partial charge in [-0.15, -0.1) is 0 Å². The molecule has 1 N–H and O–H groups in total. The largest absolute Gasteiger partial charge is 0.506 e. The summed E-state index contributed by atoms with van der Waals surface area (Å²) in [5.41, 5.74) is 1.72. The predicted molar refractivity (Wildman–Crippen MR) is 49.1 cm³/mol. The average Bonchev–Trinajstić information content (AvgIpc) is 2.20. The van der Waals surface area contributed by atoms with Crippen molar-refractivity contribution in [3.63, 3.8) is 0 Å².